The van der Waals surface area contributed by atoms with Crippen LogP contribution in [0.25, 0.3) is 0 Å². The fourth-order valence-electron chi connectivity index (χ4n) is 2.29. The first-order chi connectivity index (χ1) is 9.97. The van der Waals surface area contributed by atoms with Crippen LogP contribution in [0.4, 0.5) is 14.5 Å². The lowest BCUT2D eigenvalue weighted by atomic mass is 10.2. The summed E-state index contributed by atoms with van der Waals surface area (Å²) in [4.78, 5) is 14.0. The van der Waals surface area contributed by atoms with Crippen LogP contribution in [0.2, 0.25) is 0 Å². The predicted molar refractivity (Wildman–Crippen MR) is 73.4 cm³/mol. The first-order valence-electron chi connectivity index (χ1n) is 6.74. The number of amides is 1. The van der Waals surface area contributed by atoms with Gasteiger partial charge in [-0.2, -0.15) is 8.78 Å². The lowest BCUT2D eigenvalue weighted by molar-refractivity contribution is -0.120. The van der Waals surface area contributed by atoms with E-state index in [2.05, 4.69) is 10.1 Å². The standard InChI is InChI=1S/C14H18F2N2O3/c1-9(18-7-6-10(19)8-18)13(20)17-11-4-2-3-5-12(11)21-14(15)16/h2-5,9-10,14,19H,6-8H2,1H3,(H,17,20)/t9?,10-/m0/s1. The summed E-state index contributed by atoms with van der Waals surface area (Å²) < 4.78 is 29.0. The van der Waals surface area contributed by atoms with Crippen molar-refractivity contribution < 1.29 is 23.4 Å². The van der Waals surface area contributed by atoms with E-state index in [4.69, 9.17) is 0 Å². The van der Waals surface area contributed by atoms with E-state index < -0.39 is 18.8 Å². The van der Waals surface area contributed by atoms with Gasteiger partial charge in [0.25, 0.3) is 0 Å². The van der Waals surface area contributed by atoms with E-state index in [0.29, 0.717) is 19.5 Å². The molecule has 21 heavy (non-hydrogen) atoms. The highest BCUT2D eigenvalue weighted by atomic mass is 19.3. The first kappa shape index (κ1) is 15.7. The SMILES string of the molecule is CC(C(=O)Nc1ccccc1OC(F)F)N1CC[C@H](O)C1. The van der Waals surface area contributed by atoms with Gasteiger partial charge in [0.05, 0.1) is 17.8 Å². The number of anilines is 1. The zero-order chi connectivity index (χ0) is 15.4. The van der Waals surface area contributed by atoms with Gasteiger partial charge in [-0.1, -0.05) is 12.1 Å². The Labute approximate surface area is 121 Å². The molecule has 1 saturated heterocycles. The third-order valence-electron chi connectivity index (χ3n) is 3.48. The van der Waals surface area contributed by atoms with Crippen molar-refractivity contribution in [1.82, 2.24) is 4.90 Å². The molecule has 1 fully saturated rings. The number of aliphatic hydroxyl groups excluding tert-OH is 1. The van der Waals surface area contributed by atoms with Gasteiger partial charge in [-0.3, -0.25) is 9.69 Å². The Balaban J connectivity index is 2.02. The van der Waals surface area contributed by atoms with Crippen LogP contribution in [0.5, 0.6) is 5.75 Å². The number of rotatable bonds is 5. The minimum Gasteiger partial charge on any atom is -0.433 e. The third kappa shape index (κ3) is 4.12. The maximum atomic E-state index is 12.3. The fourth-order valence-corrected chi connectivity index (χ4v) is 2.29. The van der Waals surface area contributed by atoms with Crippen molar-refractivity contribution in [3.8, 4) is 5.75 Å². The Morgan fingerprint density at radius 3 is 2.81 bits per heavy atom. The number of aliphatic hydroxyl groups is 1. The van der Waals surface area contributed by atoms with Crippen LogP contribution in [0.1, 0.15) is 13.3 Å². The summed E-state index contributed by atoms with van der Waals surface area (Å²) in [7, 11) is 0. The second kappa shape index (κ2) is 6.82. The van der Waals surface area contributed by atoms with E-state index in [9.17, 15) is 18.7 Å². The zero-order valence-electron chi connectivity index (χ0n) is 11.6. The Bertz CT molecular complexity index is 499. The minimum atomic E-state index is -2.95. The van der Waals surface area contributed by atoms with Crippen molar-refractivity contribution in [2.45, 2.75) is 32.1 Å². The Kier molecular flexibility index (Phi) is 5.08. The number of ether oxygens (including phenoxy) is 1. The molecule has 0 aromatic heterocycles. The van der Waals surface area contributed by atoms with E-state index in [-0.39, 0.29) is 17.3 Å². The highest BCUT2D eigenvalue weighted by Gasteiger charge is 2.28. The normalized spacial score (nSPS) is 20.5. The van der Waals surface area contributed by atoms with Gasteiger partial charge < -0.3 is 15.2 Å². The number of hydrogen-bond donors (Lipinski definition) is 2. The number of para-hydroxylation sites is 2. The summed E-state index contributed by atoms with van der Waals surface area (Å²) in [5, 5.41) is 12.1. The molecule has 116 valence electrons. The van der Waals surface area contributed by atoms with E-state index in [0.717, 1.165) is 0 Å². The van der Waals surface area contributed by atoms with Crippen LogP contribution < -0.4 is 10.1 Å². The molecule has 0 bridgehead atoms. The number of nitrogens with one attached hydrogen (secondary N) is 1. The molecule has 1 aromatic rings. The Morgan fingerprint density at radius 2 is 2.19 bits per heavy atom. The molecule has 2 atom stereocenters. The number of nitrogens with zero attached hydrogens (tertiary/aromatic N) is 1. The number of halogens is 2. The summed E-state index contributed by atoms with van der Waals surface area (Å²) in [5.41, 5.74) is 0.203. The van der Waals surface area contributed by atoms with Gasteiger partial charge in [0.15, 0.2) is 0 Å². The van der Waals surface area contributed by atoms with Gasteiger partial charge in [0, 0.05) is 13.1 Å². The molecule has 7 heteroatoms. The predicted octanol–water partition coefficient (Wildman–Crippen LogP) is 1.68. The van der Waals surface area contributed by atoms with Gasteiger partial charge in [-0.25, -0.2) is 0 Å². The molecule has 0 aliphatic carbocycles. The third-order valence-corrected chi connectivity index (χ3v) is 3.48. The van der Waals surface area contributed by atoms with Crippen LogP contribution >= 0.6 is 0 Å². The maximum absolute atomic E-state index is 12.3. The first-order valence-corrected chi connectivity index (χ1v) is 6.74. The number of alkyl halides is 2. The molecule has 1 aliphatic heterocycles. The van der Waals surface area contributed by atoms with Gasteiger partial charge in [-0.05, 0) is 25.5 Å². The molecule has 1 aromatic carbocycles. The number of benzene rings is 1. The van der Waals surface area contributed by atoms with Crippen LogP contribution in [-0.2, 0) is 4.79 Å². The van der Waals surface area contributed by atoms with E-state index in [1.807, 2.05) is 4.90 Å². The number of carbonyl (C=O) groups is 1. The molecule has 2 N–H and O–H groups in total. The summed E-state index contributed by atoms with van der Waals surface area (Å²) >= 11 is 0. The Hall–Kier alpha value is -1.73. The molecule has 0 spiro atoms. The average Bonchev–Trinajstić information content (AvgIpc) is 2.86. The average molecular weight is 300 g/mol. The Morgan fingerprint density at radius 1 is 1.48 bits per heavy atom. The molecule has 1 heterocycles. The molecule has 2 rings (SSSR count). The van der Waals surface area contributed by atoms with Crippen molar-refractivity contribution in [3.63, 3.8) is 0 Å². The molecule has 0 saturated carbocycles. The number of hydrogen-bond acceptors (Lipinski definition) is 4. The lowest BCUT2D eigenvalue weighted by Gasteiger charge is -2.23. The lowest BCUT2D eigenvalue weighted by Crippen LogP contribution is -2.41. The highest BCUT2D eigenvalue weighted by Crippen LogP contribution is 2.26. The van der Waals surface area contributed by atoms with E-state index in [1.165, 1.54) is 12.1 Å². The number of carbonyl (C=O) groups excluding carboxylic acids is 1. The van der Waals surface area contributed by atoms with Crippen molar-refractivity contribution in [2.75, 3.05) is 18.4 Å². The largest absolute Gasteiger partial charge is 0.433 e. The highest BCUT2D eigenvalue weighted by molar-refractivity contribution is 5.95. The molecule has 1 amide bonds. The molecule has 5 nitrogen and oxygen atoms in total. The second-order valence-corrected chi connectivity index (χ2v) is 4.98. The van der Waals surface area contributed by atoms with Crippen molar-refractivity contribution >= 4 is 11.6 Å². The summed E-state index contributed by atoms with van der Waals surface area (Å²) in [6, 6.07) is 5.58. The maximum Gasteiger partial charge on any atom is 0.387 e. The molecule has 1 aliphatic rings. The van der Waals surface area contributed by atoms with Crippen molar-refractivity contribution in [2.24, 2.45) is 0 Å². The van der Waals surface area contributed by atoms with Gasteiger partial charge in [0.2, 0.25) is 5.91 Å². The molecular formula is C14H18F2N2O3. The molecule has 1 unspecified atom stereocenters. The van der Waals surface area contributed by atoms with E-state index in [1.54, 1.807) is 19.1 Å². The fraction of sp³-hybridized carbons (Fsp3) is 0.500. The summed E-state index contributed by atoms with van der Waals surface area (Å²) in [6.45, 7) is -0.173. The van der Waals surface area contributed by atoms with Crippen molar-refractivity contribution in [3.05, 3.63) is 24.3 Å². The second-order valence-electron chi connectivity index (χ2n) is 4.98. The van der Waals surface area contributed by atoms with Crippen molar-refractivity contribution in [1.29, 1.82) is 0 Å². The van der Waals surface area contributed by atoms with Crippen LogP contribution in [0.3, 0.4) is 0 Å². The minimum absolute atomic E-state index is 0.0745. The van der Waals surface area contributed by atoms with Crippen LogP contribution in [0.15, 0.2) is 24.3 Å². The molecular weight excluding hydrogens is 282 g/mol. The summed E-state index contributed by atoms with van der Waals surface area (Å²) in [6.07, 6.45) is 0.206. The van der Waals surface area contributed by atoms with Gasteiger partial charge in [0.1, 0.15) is 5.75 Å². The monoisotopic (exact) mass is 300 g/mol. The number of β-amino-alcohol motifs (C(OH)–C–C–N with tert-alkyl or cyclic N) is 1. The number of likely N-dealkylation sites (tertiary alicyclic amines) is 1. The zero-order valence-corrected chi connectivity index (χ0v) is 11.6. The topological polar surface area (TPSA) is 61.8 Å². The smallest absolute Gasteiger partial charge is 0.387 e. The van der Waals surface area contributed by atoms with Gasteiger partial charge >= 0.3 is 6.61 Å². The van der Waals surface area contributed by atoms with Crippen LogP contribution in [-0.4, -0.2) is 47.8 Å². The molecule has 0 radical (unpaired) electrons. The van der Waals surface area contributed by atoms with Gasteiger partial charge in [-0.15, -0.1) is 0 Å². The summed E-state index contributed by atoms with van der Waals surface area (Å²) in [5.74, 6) is -0.399. The van der Waals surface area contributed by atoms with E-state index >= 15 is 0 Å². The van der Waals surface area contributed by atoms with Crippen LogP contribution in [0, 0.1) is 0 Å². The quantitative estimate of drug-likeness (QED) is 0.868.